The number of fused-ring (bicyclic) bond motifs is 15. The van der Waals surface area contributed by atoms with E-state index in [1.807, 2.05) is 0 Å². The number of nitrogens with zero attached hydrogens (tertiary/aromatic N) is 4. The predicted molar refractivity (Wildman–Crippen MR) is 375 cm³/mol. The van der Waals surface area contributed by atoms with Crippen molar-refractivity contribution in [2.75, 3.05) is 9.80 Å². The van der Waals surface area contributed by atoms with Gasteiger partial charge in [0.05, 0.1) is 22.1 Å². The molecule has 0 saturated carbocycles. The van der Waals surface area contributed by atoms with Gasteiger partial charge >= 0.3 is 0 Å². The van der Waals surface area contributed by atoms with E-state index < -0.39 is 0 Å². The SMILES string of the molecule is CC(C)(C)c1cccc(N(c2ccc3c(c2)C(C)(C)c2ccccc2-3)c2ccc3c4c5ccc6c(c5ccc4n(-c4ccccc4)c3c2)c2ccc(N(c3cccc(C(C)(C)C)c3)c3ccc4c(c3)C(C)(C)c3ccccc3-4)cc2n6-c2ccccc2)c1. The van der Waals surface area contributed by atoms with Gasteiger partial charge in [0.15, 0.2) is 0 Å². The summed E-state index contributed by atoms with van der Waals surface area (Å²) in [5.41, 5.74) is 26.6. The largest absolute Gasteiger partial charge is 0.310 e. The van der Waals surface area contributed by atoms with Gasteiger partial charge in [0, 0.05) is 77.9 Å². The summed E-state index contributed by atoms with van der Waals surface area (Å²) in [5, 5.41) is 7.37. The lowest BCUT2D eigenvalue weighted by Crippen LogP contribution is -2.17. The molecule has 2 aromatic heterocycles. The predicted octanol–water partition coefficient (Wildman–Crippen LogP) is 23.2. The number of aromatic nitrogens is 2. The Morgan fingerprint density at radius 3 is 1.02 bits per heavy atom. The third-order valence-electron chi connectivity index (χ3n) is 19.8. The van der Waals surface area contributed by atoms with Gasteiger partial charge in [-0.1, -0.05) is 215 Å². The third-order valence-corrected chi connectivity index (χ3v) is 19.8. The van der Waals surface area contributed by atoms with Crippen molar-refractivity contribution < 1.29 is 0 Å². The number of anilines is 6. The van der Waals surface area contributed by atoms with Crippen molar-refractivity contribution in [3.05, 3.63) is 288 Å². The van der Waals surface area contributed by atoms with Crippen molar-refractivity contribution >= 4 is 88.5 Å². The molecule has 428 valence electrons. The first-order chi connectivity index (χ1) is 42.4. The van der Waals surface area contributed by atoms with E-state index in [9.17, 15) is 0 Å². The summed E-state index contributed by atoms with van der Waals surface area (Å²) in [6, 6.07) is 96.4. The second-order valence-corrected chi connectivity index (χ2v) is 27.8. The second kappa shape index (κ2) is 19.3. The molecule has 0 unspecified atom stereocenters. The monoisotopic (exact) mass is 1140 g/mol. The molecule has 2 aliphatic rings. The first-order valence-electron chi connectivity index (χ1n) is 31.3. The Morgan fingerprint density at radius 1 is 0.273 bits per heavy atom. The average Bonchev–Trinajstić information content (AvgIpc) is 1.59. The minimum Gasteiger partial charge on any atom is -0.310 e. The molecule has 0 bridgehead atoms. The van der Waals surface area contributed by atoms with E-state index in [0.717, 1.165) is 56.5 Å². The zero-order chi connectivity index (χ0) is 60.2. The van der Waals surface area contributed by atoms with E-state index in [2.05, 4.69) is 343 Å². The molecule has 2 heterocycles. The maximum absolute atomic E-state index is 2.49. The Hall–Kier alpha value is -9.90. The van der Waals surface area contributed by atoms with Crippen LogP contribution in [0.2, 0.25) is 0 Å². The lowest BCUT2D eigenvalue weighted by molar-refractivity contribution is 0.590. The van der Waals surface area contributed by atoms with Crippen LogP contribution in [0.5, 0.6) is 0 Å². The van der Waals surface area contributed by atoms with Crippen molar-refractivity contribution in [1.82, 2.24) is 9.13 Å². The lowest BCUT2D eigenvalue weighted by Gasteiger charge is -2.29. The number of benzene rings is 12. The van der Waals surface area contributed by atoms with Crippen LogP contribution in [0.1, 0.15) is 103 Å². The molecule has 4 heteroatoms. The van der Waals surface area contributed by atoms with Crippen LogP contribution < -0.4 is 9.80 Å². The maximum atomic E-state index is 2.49. The van der Waals surface area contributed by atoms with Crippen LogP contribution in [-0.4, -0.2) is 9.13 Å². The van der Waals surface area contributed by atoms with Crippen LogP contribution in [-0.2, 0) is 21.7 Å². The molecular weight excluding hydrogens is 1060 g/mol. The summed E-state index contributed by atoms with van der Waals surface area (Å²) in [4.78, 5) is 4.98. The zero-order valence-corrected chi connectivity index (χ0v) is 52.0. The molecule has 2 aliphatic carbocycles. The Kier molecular flexibility index (Phi) is 11.7. The molecule has 4 nitrogen and oxygen atoms in total. The minimum atomic E-state index is -0.153. The van der Waals surface area contributed by atoms with Gasteiger partial charge in [0.25, 0.3) is 0 Å². The highest BCUT2D eigenvalue weighted by Crippen LogP contribution is 2.54. The molecular formula is C84H72N4. The van der Waals surface area contributed by atoms with Gasteiger partial charge in [-0.25, -0.2) is 0 Å². The molecule has 0 aliphatic heterocycles. The van der Waals surface area contributed by atoms with Crippen LogP contribution in [0.3, 0.4) is 0 Å². The summed E-state index contributed by atoms with van der Waals surface area (Å²) < 4.78 is 4.98. The summed E-state index contributed by atoms with van der Waals surface area (Å²) in [7, 11) is 0. The fourth-order valence-corrected chi connectivity index (χ4v) is 15.2. The van der Waals surface area contributed by atoms with Gasteiger partial charge < -0.3 is 18.9 Å². The van der Waals surface area contributed by atoms with Crippen LogP contribution >= 0.6 is 0 Å². The van der Waals surface area contributed by atoms with Crippen molar-refractivity contribution in [1.29, 1.82) is 0 Å². The first kappa shape index (κ1) is 53.6. The molecule has 12 aromatic carbocycles. The normalized spacial score (nSPS) is 14.0. The molecule has 0 saturated heterocycles. The van der Waals surface area contributed by atoms with E-state index in [4.69, 9.17) is 0 Å². The van der Waals surface area contributed by atoms with E-state index in [0.29, 0.717) is 0 Å². The molecule has 0 fully saturated rings. The Morgan fingerprint density at radius 2 is 0.614 bits per heavy atom. The van der Waals surface area contributed by atoms with E-state index in [-0.39, 0.29) is 21.7 Å². The van der Waals surface area contributed by atoms with Gasteiger partial charge in [0.1, 0.15) is 0 Å². The summed E-state index contributed by atoms with van der Waals surface area (Å²) >= 11 is 0. The second-order valence-electron chi connectivity index (χ2n) is 27.8. The summed E-state index contributed by atoms with van der Waals surface area (Å²) in [6.07, 6.45) is 0. The summed E-state index contributed by atoms with van der Waals surface area (Å²) in [5.74, 6) is 0. The quantitative estimate of drug-likeness (QED) is 0.151. The van der Waals surface area contributed by atoms with E-state index in [1.165, 1.54) is 99.0 Å². The Bertz CT molecular complexity index is 4850. The average molecular weight is 1140 g/mol. The molecule has 0 amide bonds. The Labute approximate surface area is 517 Å². The fraction of sp³-hybridized carbons (Fsp3) is 0.167. The molecule has 0 N–H and O–H groups in total. The number of rotatable bonds is 8. The number of hydrogen-bond donors (Lipinski definition) is 0. The highest BCUT2D eigenvalue weighted by Gasteiger charge is 2.38. The van der Waals surface area contributed by atoms with Crippen molar-refractivity contribution in [2.24, 2.45) is 0 Å². The zero-order valence-electron chi connectivity index (χ0n) is 52.0. The van der Waals surface area contributed by atoms with Gasteiger partial charge in [-0.3, -0.25) is 0 Å². The highest BCUT2D eigenvalue weighted by molar-refractivity contribution is 6.30. The molecule has 0 radical (unpaired) electrons. The molecule has 88 heavy (non-hydrogen) atoms. The lowest BCUT2D eigenvalue weighted by atomic mass is 9.82. The first-order valence-corrected chi connectivity index (χ1v) is 31.3. The van der Waals surface area contributed by atoms with Gasteiger partial charge in [-0.05, 0) is 186 Å². The third kappa shape index (κ3) is 8.11. The number of hydrogen-bond acceptors (Lipinski definition) is 2. The smallest absolute Gasteiger partial charge is 0.0562 e. The van der Waals surface area contributed by atoms with Crippen molar-refractivity contribution in [3.8, 4) is 33.6 Å². The highest BCUT2D eigenvalue weighted by atomic mass is 15.2. The standard InChI is InChI=1S/C84H72N4/c1-81(2,3)53-23-21-29-57(47-53)85(59-35-39-65-63-31-17-19-33-71(63)83(7,8)73(65)49-59)61-37-41-69-77(51-61)87(55-25-13-11-14-26-55)75-45-43-68-67(79(69)75)44-46-76-80(68)70-42-38-62(52-78(70)88(76)56-27-15-12-16-28-56)86(58-30-22-24-54(48-58)82(4,5)6)60-36-40-66-64-32-18-20-34-72(64)84(9,10)74(66)50-60/h11-52H,1-10H3. The Balaban J connectivity index is 0.918. The molecule has 16 rings (SSSR count). The molecule has 0 atom stereocenters. The van der Waals surface area contributed by atoms with E-state index in [1.54, 1.807) is 0 Å². The van der Waals surface area contributed by atoms with Crippen LogP contribution in [0.15, 0.2) is 255 Å². The summed E-state index contributed by atoms with van der Waals surface area (Å²) in [6.45, 7) is 23.4. The van der Waals surface area contributed by atoms with Gasteiger partial charge in [-0.2, -0.15) is 0 Å². The topological polar surface area (TPSA) is 16.3 Å². The fourth-order valence-electron chi connectivity index (χ4n) is 15.2. The van der Waals surface area contributed by atoms with E-state index >= 15 is 0 Å². The van der Waals surface area contributed by atoms with Crippen LogP contribution in [0, 0.1) is 0 Å². The molecule has 14 aromatic rings. The maximum Gasteiger partial charge on any atom is 0.0562 e. The molecule has 0 spiro atoms. The number of para-hydroxylation sites is 2. The van der Waals surface area contributed by atoms with Crippen molar-refractivity contribution in [3.63, 3.8) is 0 Å². The van der Waals surface area contributed by atoms with Gasteiger partial charge in [0.2, 0.25) is 0 Å². The van der Waals surface area contributed by atoms with Crippen molar-refractivity contribution in [2.45, 2.75) is 90.9 Å². The van der Waals surface area contributed by atoms with Gasteiger partial charge in [-0.15, -0.1) is 0 Å². The minimum absolute atomic E-state index is 0.0395. The van der Waals surface area contributed by atoms with Crippen LogP contribution in [0.4, 0.5) is 34.1 Å². The van der Waals surface area contributed by atoms with Crippen LogP contribution in [0.25, 0.3) is 88.0 Å².